The Morgan fingerprint density at radius 3 is 1.74 bits per heavy atom. The van der Waals surface area contributed by atoms with Crippen LogP contribution in [0.5, 0.6) is 0 Å². The van der Waals surface area contributed by atoms with Gasteiger partial charge in [0.15, 0.2) is 43.5 Å². The number of allylic oxidation sites excluding steroid dienone is 2. The molecule has 30 nitrogen and oxygen atoms in total. The third kappa shape index (κ3) is 12.0. The van der Waals surface area contributed by atoms with E-state index in [1.165, 1.54) is 18.1 Å². The topological polar surface area (TPSA) is 461 Å². The minimum absolute atomic E-state index is 0.0944. The monoisotopic (exact) mass is 1320 g/mol. The molecule has 92 heavy (non-hydrogen) atoms. The third-order valence-electron chi connectivity index (χ3n) is 23.9. The van der Waals surface area contributed by atoms with Crippen LogP contribution in [0.1, 0.15) is 113 Å². The molecule has 7 aliphatic heterocycles. The first-order valence-electron chi connectivity index (χ1n) is 32.8. The van der Waals surface area contributed by atoms with Gasteiger partial charge in [0.25, 0.3) is 0 Å². The van der Waals surface area contributed by atoms with Gasteiger partial charge < -0.3 is 143 Å². The van der Waals surface area contributed by atoms with E-state index in [1.807, 2.05) is 13.8 Å². The maximum Gasteiger partial charge on any atom is 0.187 e. The fourth-order valence-electron chi connectivity index (χ4n) is 18.0. The second-order valence-electron chi connectivity index (χ2n) is 28.8. The van der Waals surface area contributed by atoms with Crippen LogP contribution in [0.3, 0.4) is 0 Å². The summed E-state index contributed by atoms with van der Waals surface area (Å²) in [6.45, 7) is 10.8. The van der Waals surface area contributed by atoms with Gasteiger partial charge in [-0.1, -0.05) is 52.7 Å². The summed E-state index contributed by atoms with van der Waals surface area (Å²) in [5.74, 6) is 0.262. The van der Waals surface area contributed by atoms with Gasteiger partial charge in [-0.2, -0.15) is 0 Å². The van der Waals surface area contributed by atoms with E-state index in [0.29, 0.717) is 19.3 Å². The van der Waals surface area contributed by atoms with Crippen LogP contribution in [0.2, 0.25) is 0 Å². The normalized spacial score (nSPS) is 54.8. The van der Waals surface area contributed by atoms with Crippen molar-refractivity contribution >= 4 is 5.78 Å². The van der Waals surface area contributed by atoms with E-state index >= 15 is 0 Å². The predicted molar refractivity (Wildman–Crippen MR) is 306 cm³/mol. The van der Waals surface area contributed by atoms with Crippen LogP contribution in [0.4, 0.5) is 0 Å². The molecule has 0 aromatic rings. The molecule has 4 aliphatic carbocycles. The Labute approximate surface area is 533 Å². The summed E-state index contributed by atoms with van der Waals surface area (Å²) in [5.41, 5.74) is 0.790. The maximum atomic E-state index is 13.1. The number of fused-ring (bicyclic) bond motifs is 5. The highest BCUT2D eigenvalue weighted by molar-refractivity contribution is 5.83. The molecule has 0 aromatic carbocycles. The molecule has 11 aliphatic rings. The molecule has 0 bridgehead atoms. The number of rotatable bonds is 17. The van der Waals surface area contributed by atoms with Crippen LogP contribution in [0.15, 0.2) is 11.1 Å². The molecule has 36 unspecified atom stereocenters. The molecule has 1 spiro atoms. The highest BCUT2D eigenvalue weighted by atomic mass is 16.8. The Kier molecular flexibility index (Phi) is 21.3. The van der Waals surface area contributed by atoms with Crippen molar-refractivity contribution in [2.24, 2.45) is 33.5 Å². The van der Waals surface area contributed by atoms with Crippen molar-refractivity contribution < 1.29 is 148 Å². The van der Waals surface area contributed by atoms with Crippen LogP contribution in [0, 0.1) is 33.5 Å². The van der Waals surface area contributed by atoms with E-state index in [0.717, 1.165) is 44.9 Å². The highest BCUT2D eigenvalue weighted by Crippen LogP contribution is 2.75. The van der Waals surface area contributed by atoms with Crippen molar-refractivity contribution in [3.05, 3.63) is 11.1 Å². The highest BCUT2D eigenvalue weighted by Gasteiger charge is 2.72. The first-order chi connectivity index (χ1) is 43.4. The quantitative estimate of drug-likeness (QED) is 0.0610. The molecular weight excluding hydrogens is 1220 g/mol. The lowest BCUT2D eigenvalue weighted by Crippen LogP contribution is -2.68. The average molecular weight is 1330 g/mol. The number of ketones is 1. The molecule has 0 amide bonds. The zero-order valence-corrected chi connectivity index (χ0v) is 53.1. The number of hydrogen-bond acceptors (Lipinski definition) is 30. The van der Waals surface area contributed by atoms with Crippen LogP contribution in [-0.2, 0) is 66.4 Å². The summed E-state index contributed by atoms with van der Waals surface area (Å²) in [6.07, 6.45) is -42.6. The van der Waals surface area contributed by atoms with Crippen LogP contribution in [-0.4, -0.2) is 311 Å². The van der Waals surface area contributed by atoms with E-state index in [9.17, 15) is 86.5 Å². The summed E-state index contributed by atoms with van der Waals surface area (Å²) in [4.78, 5) is 13.1. The van der Waals surface area contributed by atoms with E-state index in [2.05, 4.69) is 27.7 Å². The molecule has 30 heteroatoms. The zero-order valence-electron chi connectivity index (χ0n) is 53.1. The summed E-state index contributed by atoms with van der Waals surface area (Å²) in [6, 6.07) is 0. The van der Waals surface area contributed by atoms with Crippen molar-refractivity contribution in [1.82, 2.24) is 0 Å². The number of aliphatic hydroxyl groups excluding tert-OH is 16. The number of aliphatic hydroxyl groups is 16. The maximum absolute atomic E-state index is 13.1. The fraction of sp³-hybridized carbons (Fsp3) is 0.952. The second-order valence-corrected chi connectivity index (χ2v) is 28.8. The Morgan fingerprint density at radius 2 is 1.09 bits per heavy atom. The molecule has 528 valence electrons. The first kappa shape index (κ1) is 71.5. The van der Waals surface area contributed by atoms with Gasteiger partial charge in [-0.05, 0) is 87.4 Å². The summed E-state index contributed by atoms with van der Waals surface area (Å²) in [7, 11) is 0. The van der Waals surface area contributed by atoms with Crippen molar-refractivity contribution in [3.8, 4) is 0 Å². The van der Waals surface area contributed by atoms with Gasteiger partial charge in [0.2, 0.25) is 0 Å². The predicted octanol–water partition coefficient (Wildman–Crippen LogP) is -4.51. The second kappa shape index (κ2) is 27.4. The summed E-state index contributed by atoms with van der Waals surface area (Å²) >= 11 is 0. The molecule has 16 N–H and O–H groups in total. The van der Waals surface area contributed by atoms with Crippen molar-refractivity contribution in [3.63, 3.8) is 0 Å². The van der Waals surface area contributed by atoms with Gasteiger partial charge in [0.1, 0.15) is 128 Å². The smallest absolute Gasteiger partial charge is 0.187 e. The van der Waals surface area contributed by atoms with Gasteiger partial charge in [-0.15, -0.1) is 0 Å². The molecule has 0 aromatic heterocycles. The van der Waals surface area contributed by atoms with Gasteiger partial charge in [0, 0.05) is 17.3 Å². The molecule has 9 fully saturated rings. The van der Waals surface area contributed by atoms with Crippen LogP contribution >= 0.6 is 0 Å². The van der Waals surface area contributed by atoms with E-state index < -0.39 is 222 Å². The minimum Gasteiger partial charge on any atom is -0.396 e. The summed E-state index contributed by atoms with van der Waals surface area (Å²) in [5, 5.41) is 177. The zero-order chi connectivity index (χ0) is 66.6. The van der Waals surface area contributed by atoms with Gasteiger partial charge in [-0.3, -0.25) is 4.79 Å². The Morgan fingerprint density at radius 1 is 0.522 bits per heavy atom. The largest absolute Gasteiger partial charge is 0.396 e. The summed E-state index contributed by atoms with van der Waals surface area (Å²) < 4.78 is 79.5. The number of carbonyl (C=O) groups excluding carboxylic acids is 1. The number of ether oxygens (including phenoxy) is 13. The Hall–Kier alpha value is -1.75. The molecule has 7 heterocycles. The molecule has 7 saturated heterocycles. The number of Topliss-reactive ketones (excluding diaryl/α,β-unsaturated/α-hetero) is 1. The Balaban J connectivity index is 0.811. The molecular formula is C62H100O30. The third-order valence-corrected chi connectivity index (χ3v) is 23.9. The van der Waals surface area contributed by atoms with E-state index in [4.69, 9.17) is 61.6 Å². The first-order valence-corrected chi connectivity index (χ1v) is 32.8. The van der Waals surface area contributed by atoms with Crippen LogP contribution < -0.4 is 0 Å². The van der Waals surface area contributed by atoms with Crippen molar-refractivity contribution in [1.29, 1.82) is 0 Å². The molecule has 0 radical (unpaired) electrons. The number of hydrogen-bond donors (Lipinski definition) is 16. The molecule has 36 atom stereocenters. The Bertz CT molecular complexity index is 2570. The molecule has 2 saturated carbocycles. The molecule has 11 rings (SSSR count). The van der Waals surface area contributed by atoms with E-state index in [1.54, 1.807) is 0 Å². The standard InChI is InChI=1S/C62H100O30/c1-8-28(65)32-17-24(2)62(92-32)16-15-60(6)27-9-10-35-58(4,26(27)11-14-61(60,62)7)13-12-36(59(35,5)23-64)87-54-47(79)44(76)41(73)34(86-54)22-83-55-49(39(71)30(67)20-81-55)90-57-51(91-53-46(78)43(75)37(69)25(3)84-53)48(42(74)33(18-63)85-57)88-56-50(40(72)31(68)21-82-56)89-52-45(77)38(70)29(66)19-80-52/h24-25,29-57,63-64,66-79H,8-23H2,1-7H3. The average Bonchev–Trinajstić information content (AvgIpc) is 1.43. The van der Waals surface area contributed by atoms with Crippen molar-refractivity contribution in [2.75, 3.05) is 39.6 Å². The van der Waals surface area contributed by atoms with Gasteiger partial charge in [0.05, 0.1) is 57.5 Å². The van der Waals surface area contributed by atoms with E-state index in [-0.39, 0.29) is 40.5 Å². The lowest BCUT2D eigenvalue weighted by Gasteiger charge is -2.63. The minimum atomic E-state index is -2.05. The SMILES string of the molecule is CCC(=O)C1CC(C)C2(CCC3(C)C4=C(CCC32C)C2(C)CCC(OC3OC(COC5OCC(O)C(O)C5OC5OC(CO)C(O)C(OC6OCC(O)C(O)C6OC6OCC(O)C(O)C6O)C5OC5OC(C)C(O)C(O)C5O)C(O)C(O)C3O)C(C)(CO)C2CC4)O1. The van der Waals surface area contributed by atoms with Gasteiger partial charge >= 0.3 is 0 Å². The lowest BCUT2D eigenvalue weighted by molar-refractivity contribution is -0.408. The van der Waals surface area contributed by atoms with Gasteiger partial charge in [-0.25, -0.2) is 0 Å². The van der Waals surface area contributed by atoms with Crippen LogP contribution in [0.25, 0.3) is 0 Å². The number of carbonyl (C=O) groups is 1. The fourth-order valence-corrected chi connectivity index (χ4v) is 18.0. The van der Waals surface area contributed by atoms with Crippen molar-refractivity contribution in [2.45, 2.75) is 296 Å². The lowest BCUT2D eigenvalue weighted by atomic mass is 9.42.